The minimum absolute atomic E-state index is 0.133. The second-order valence-electron chi connectivity index (χ2n) is 9.23. The van der Waals surface area contributed by atoms with E-state index in [1.54, 1.807) is 62.4 Å². The minimum Gasteiger partial charge on any atom is -0.480 e. The molecule has 0 aromatic heterocycles. The van der Waals surface area contributed by atoms with Crippen molar-refractivity contribution in [1.29, 1.82) is 0 Å². The number of primary amides is 1. The van der Waals surface area contributed by atoms with Crippen LogP contribution in [0.4, 0.5) is 4.39 Å². The molecule has 36 heavy (non-hydrogen) atoms. The number of nitrogens with two attached hydrogens (primary N) is 1. The third-order valence-corrected chi connectivity index (χ3v) is 6.24. The molecule has 0 spiro atoms. The number of halogens is 2. The molecule has 0 bridgehead atoms. The molecule has 0 aliphatic heterocycles. The van der Waals surface area contributed by atoms with E-state index in [1.165, 1.54) is 17.0 Å². The van der Waals surface area contributed by atoms with Crippen molar-refractivity contribution in [3.8, 4) is 11.1 Å². The minimum atomic E-state index is -1.30. The number of hydrogen-bond acceptors (Lipinski definition) is 3. The molecule has 0 saturated carbocycles. The SMILES string of the molecule is CC(C)(Cc1ccc(F)cc1)N(C(=O)c1ccc(-c2ccc(Cl)cc2)cc1)[C@@H](CCC(N)=O)C(=O)O. The van der Waals surface area contributed by atoms with Gasteiger partial charge in [0.05, 0.1) is 0 Å². The van der Waals surface area contributed by atoms with E-state index in [9.17, 15) is 23.9 Å². The monoisotopic (exact) mass is 510 g/mol. The van der Waals surface area contributed by atoms with Gasteiger partial charge in [0.2, 0.25) is 5.91 Å². The van der Waals surface area contributed by atoms with Gasteiger partial charge in [-0.2, -0.15) is 0 Å². The van der Waals surface area contributed by atoms with Crippen molar-refractivity contribution >= 4 is 29.4 Å². The molecule has 0 aliphatic rings. The van der Waals surface area contributed by atoms with Gasteiger partial charge < -0.3 is 15.7 Å². The van der Waals surface area contributed by atoms with E-state index in [0.29, 0.717) is 10.6 Å². The topological polar surface area (TPSA) is 101 Å². The Kier molecular flexibility index (Phi) is 8.48. The number of carbonyl (C=O) groups is 3. The first kappa shape index (κ1) is 26.9. The average molecular weight is 511 g/mol. The standard InChI is InChI=1S/C28H28ClFN2O4/c1-28(2,17-18-3-13-23(30)14-4-18)32(24(27(35)36)15-16-25(31)33)26(34)21-7-5-19(6-8-21)20-9-11-22(29)12-10-20/h3-14,24H,15-17H2,1-2H3,(H2,31,33)(H,35,36)/t24-/m0/s1. The smallest absolute Gasteiger partial charge is 0.326 e. The summed E-state index contributed by atoms with van der Waals surface area (Å²) in [5.74, 6) is -2.79. The fraction of sp³-hybridized carbons (Fsp3) is 0.250. The maximum Gasteiger partial charge on any atom is 0.326 e. The molecule has 3 rings (SSSR count). The molecule has 3 aromatic carbocycles. The van der Waals surface area contributed by atoms with Crippen molar-refractivity contribution in [3.05, 3.63) is 94.8 Å². The van der Waals surface area contributed by atoms with Crippen LogP contribution >= 0.6 is 11.6 Å². The number of amides is 2. The predicted molar refractivity (Wildman–Crippen MR) is 137 cm³/mol. The predicted octanol–water partition coefficient (Wildman–Crippen LogP) is 5.33. The summed E-state index contributed by atoms with van der Waals surface area (Å²) >= 11 is 5.96. The second kappa shape index (κ2) is 11.4. The maximum atomic E-state index is 13.8. The van der Waals surface area contributed by atoms with Gasteiger partial charge in [0.25, 0.3) is 5.91 Å². The average Bonchev–Trinajstić information content (AvgIpc) is 2.83. The van der Waals surface area contributed by atoms with Crippen molar-refractivity contribution in [2.75, 3.05) is 0 Å². The van der Waals surface area contributed by atoms with Gasteiger partial charge in [0.1, 0.15) is 11.9 Å². The summed E-state index contributed by atoms with van der Waals surface area (Å²) in [4.78, 5) is 38.8. The van der Waals surface area contributed by atoms with Crippen LogP contribution in [0.3, 0.4) is 0 Å². The highest BCUT2D eigenvalue weighted by atomic mass is 35.5. The van der Waals surface area contributed by atoms with E-state index in [4.69, 9.17) is 17.3 Å². The molecule has 188 valence electrons. The van der Waals surface area contributed by atoms with Crippen molar-refractivity contribution < 1.29 is 23.9 Å². The fourth-order valence-electron chi connectivity index (χ4n) is 4.25. The largest absolute Gasteiger partial charge is 0.480 e. The lowest BCUT2D eigenvalue weighted by Gasteiger charge is -2.42. The molecule has 6 nitrogen and oxygen atoms in total. The molecule has 8 heteroatoms. The molecule has 0 radical (unpaired) electrons. The Morgan fingerprint density at radius 1 is 0.944 bits per heavy atom. The Labute approximate surface area is 214 Å². The van der Waals surface area contributed by atoms with Crippen LogP contribution in [0, 0.1) is 5.82 Å². The zero-order valence-electron chi connectivity index (χ0n) is 20.1. The van der Waals surface area contributed by atoms with Crippen molar-refractivity contribution in [1.82, 2.24) is 4.90 Å². The zero-order valence-corrected chi connectivity index (χ0v) is 20.8. The van der Waals surface area contributed by atoms with E-state index >= 15 is 0 Å². The van der Waals surface area contributed by atoms with E-state index in [2.05, 4.69) is 0 Å². The van der Waals surface area contributed by atoms with Crippen LogP contribution in [-0.2, 0) is 16.0 Å². The quantitative estimate of drug-likeness (QED) is 0.385. The van der Waals surface area contributed by atoms with Crippen molar-refractivity contribution in [3.63, 3.8) is 0 Å². The first-order valence-corrected chi connectivity index (χ1v) is 11.8. The summed E-state index contributed by atoms with van der Waals surface area (Å²) in [7, 11) is 0. The highest BCUT2D eigenvalue weighted by molar-refractivity contribution is 6.30. The van der Waals surface area contributed by atoms with Gasteiger partial charge >= 0.3 is 5.97 Å². The first-order valence-electron chi connectivity index (χ1n) is 11.4. The Bertz CT molecular complexity index is 1230. The van der Waals surface area contributed by atoms with E-state index in [0.717, 1.165) is 16.7 Å². The van der Waals surface area contributed by atoms with Gasteiger partial charge in [0.15, 0.2) is 0 Å². The number of carboxylic acid groups (broad SMARTS) is 1. The normalized spacial score (nSPS) is 12.1. The Morgan fingerprint density at radius 2 is 1.47 bits per heavy atom. The molecule has 3 N–H and O–H groups in total. The van der Waals surface area contributed by atoms with Crippen LogP contribution in [0.5, 0.6) is 0 Å². The van der Waals surface area contributed by atoms with Crippen LogP contribution in [0.2, 0.25) is 5.02 Å². The van der Waals surface area contributed by atoms with Crippen LogP contribution < -0.4 is 5.73 Å². The van der Waals surface area contributed by atoms with E-state index < -0.39 is 35.2 Å². The first-order chi connectivity index (χ1) is 17.0. The highest BCUT2D eigenvalue weighted by Crippen LogP contribution is 2.29. The fourth-order valence-corrected chi connectivity index (χ4v) is 4.38. The van der Waals surface area contributed by atoms with Crippen LogP contribution in [0.25, 0.3) is 11.1 Å². The number of carbonyl (C=O) groups excluding carboxylic acids is 2. The summed E-state index contributed by atoms with van der Waals surface area (Å²) < 4.78 is 13.4. The molecule has 0 saturated heterocycles. The molecular weight excluding hydrogens is 483 g/mol. The Morgan fingerprint density at radius 3 is 1.97 bits per heavy atom. The molecule has 0 aliphatic carbocycles. The molecule has 2 amide bonds. The summed E-state index contributed by atoms with van der Waals surface area (Å²) in [6.07, 6.45) is -0.0583. The van der Waals surface area contributed by atoms with Gasteiger partial charge in [0, 0.05) is 22.5 Å². The van der Waals surface area contributed by atoms with Crippen LogP contribution in [0.1, 0.15) is 42.6 Å². The van der Waals surface area contributed by atoms with Gasteiger partial charge in [-0.3, -0.25) is 9.59 Å². The molecule has 0 unspecified atom stereocenters. The van der Waals surface area contributed by atoms with Crippen LogP contribution in [-0.4, -0.2) is 39.4 Å². The van der Waals surface area contributed by atoms with Gasteiger partial charge in [-0.15, -0.1) is 0 Å². The van der Waals surface area contributed by atoms with Crippen molar-refractivity contribution in [2.24, 2.45) is 5.73 Å². The number of benzene rings is 3. The Balaban J connectivity index is 1.98. The molecule has 0 fully saturated rings. The number of rotatable bonds is 10. The van der Waals surface area contributed by atoms with Crippen molar-refractivity contribution in [2.45, 2.75) is 44.7 Å². The molecular formula is C28H28ClFN2O4. The number of hydrogen-bond donors (Lipinski definition) is 2. The van der Waals surface area contributed by atoms with Gasteiger partial charge in [-0.1, -0.05) is 48.0 Å². The second-order valence-corrected chi connectivity index (χ2v) is 9.67. The molecule has 0 heterocycles. The summed E-state index contributed by atoms with van der Waals surface area (Å²) in [6, 6.07) is 18.6. The Hall–Kier alpha value is -3.71. The van der Waals surface area contributed by atoms with Crippen LogP contribution in [0.15, 0.2) is 72.8 Å². The number of aliphatic carboxylic acids is 1. The van der Waals surface area contributed by atoms with E-state index in [1.807, 2.05) is 12.1 Å². The highest BCUT2D eigenvalue weighted by Gasteiger charge is 2.40. The number of carboxylic acids is 1. The summed E-state index contributed by atoms with van der Waals surface area (Å²) in [6.45, 7) is 3.49. The molecule has 3 aromatic rings. The zero-order chi connectivity index (χ0) is 26.5. The van der Waals surface area contributed by atoms with Gasteiger partial charge in [-0.05, 0) is 79.8 Å². The van der Waals surface area contributed by atoms with E-state index in [-0.39, 0.29) is 19.3 Å². The third kappa shape index (κ3) is 6.70. The summed E-state index contributed by atoms with van der Waals surface area (Å²) in [5.41, 5.74) is 7.09. The van der Waals surface area contributed by atoms with Gasteiger partial charge in [-0.25, -0.2) is 9.18 Å². The number of nitrogens with zero attached hydrogens (tertiary/aromatic N) is 1. The maximum absolute atomic E-state index is 13.8. The molecule has 1 atom stereocenters. The lowest BCUT2D eigenvalue weighted by Crippen LogP contribution is -2.57. The summed E-state index contributed by atoms with van der Waals surface area (Å²) in [5, 5.41) is 10.6. The lowest BCUT2D eigenvalue weighted by atomic mass is 9.89. The lowest BCUT2D eigenvalue weighted by molar-refractivity contribution is -0.144. The third-order valence-electron chi connectivity index (χ3n) is 5.99.